The zero-order valence-corrected chi connectivity index (χ0v) is 15.9. The fourth-order valence-corrected chi connectivity index (χ4v) is 3.28. The largest absolute Gasteiger partial charge is 0.438 e. The number of hydrogen-bond acceptors (Lipinski definition) is 8. The predicted molar refractivity (Wildman–Crippen MR) is 100 cm³/mol. The third kappa shape index (κ3) is 3.47. The van der Waals surface area contributed by atoms with E-state index in [-0.39, 0.29) is 10.7 Å². The lowest BCUT2D eigenvalue weighted by molar-refractivity contribution is -0.124. The van der Waals surface area contributed by atoms with Crippen molar-refractivity contribution in [2.45, 2.75) is 38.0 Å². The molecule has 4 atom stereocenters. The molecule has 0 amide bonds. The van der Waals surface area contributed by atoms with Crippen molar-refractivity contribution in [3.63, 3.8) is 0 Å². The summed E-state index contributed by atoms with van der Waals surface area (Å²) >= 11 is 5.26. The number of rotatable bonds is 5. The molecule has 28 heavy (non-hydrogen) atoms. The molecule has 0 aliphatic carbocycles. The molecule has 1 aliphatic rings. The zero-order chi connectivity index (χ0) is 20.5. The van der Waals surface area contributed by atoms with Gasteiger partial charge in [-0.05, 0) is 42.7 Å². The summed E-state index contributed by atoms with van der Waals surface area (Å²) in [5, 5.41) is 33.3. The third-order valence-electron chi connectivity index (χ3n) is 4.54. The fraction of sp³-hybridized carbons (Fsp3) is 0.412. The predicted octanol–water partition coefficient (Wildman–Crippen LogP) is 2.27. The number of hydrogen-bond donors (Lipinski definition) is 3. The maximum absolute atomic E-state index is 10.3. The molecule has 0 saturated carbocycles. The Balaban J connectivity index is 1.91. The maximum Gasteiger partial charge on any atom is 0.223 e. The Kier molecular flexibility index (Phi) is 5.66. The summed E-state index contributed by atoms with van der Waals surface area (Å²) in [7, 11) is 0. The van der Waals surface area contributed by atoms with E-state index in [9.17, 15) is 15.3 Å². The highest BCUT2D eigenvalue weighted by atomic mass is 32.1. The minimum absolute atomic E-state index is 0.00895. The number of azide groups is 1. The van der Waals surface area contributed by atoms with Gasteiger partial charge in [-0.15, -0.1) is 0 Å². The summed E-state index contributed by atoms with van der Waals surface area (Å²) in [6.45, 7) is 3.00. The summed E-state index contributed by atoms with van der Waals surface area (Å²) in [6.07, 6.45) is -2.88. The van der Waals surface area contributed by atoms with Gasteiger partial charge < -0.3 is 24.8 Å². The minimum atomic E-state index is -2.01. The van der Waals surface area contributed by atoms with E-state index in [2.05, 4.69) is 15.0 Å². The molecule has 3 rings (SSSR count). The molecule has 1 aromatic carbocycles. The first kappa shape index (κ1) is 20.2. The first-order valence-electron chi connectivity index (χ1n) is 8.37. The van der Waals surface area contributed by atoms with E-state index >= 15 is 0 Å². The van der Waals surface area contributed by atoms with Crippen LogP contribution in [0, 0.1) is 18.6 Å². The summed E-state index contributed by atoms with van der Waals surface area (Å²) < 4.78 is 12.6. The van der Waals surface area contributed by atoms with Crippen molar-refractivity contribution in [3.8, 4) is 11.6 Å². The van der Waals surface area contributed by atoms with E-state index in [4.69, 9.17) is 27.2 Å². The average Bonchev–Trinajstić information content (AvgIpc) is 2.91. The number of aryl methyl sites for hydroxylation is 2. The molecule has 1 aromatic heterocycles. The van der Waals surface area contributed by atoms with Crippen LogP contribution in [0.25, 0.3) is 10.4 Å². The number of ether oxygens (including phenoxy) is 2. The van der Waals surface area contributed by atoms with Gasteiger partial charge in [0.1, 0.15) is 18.0 Å². The highest BCUT2D eigenvalue weighted by Gasteiger charge is 2.54. The number of aliphatic hydroxyl groups excluding tert-OH is 3. The Morgan fingerprint density at radius 3 is 2.61 bits per heavy atom. The van der Waals surface area contributed by atoms with Crippen LogP contribution in [0.3, 0.4) is 0 Å². The van der Waals surface area contributed by atoms with E-state index in [0.717, 1.165) is 11.1 Å². The Labute approximate surface area is 165 Å². The molecule has 0 radical (unpaired) electrons. The second-order valence-corrected chi connectivity index (χ2v) is 6.78. The van der Waals surface area contributed by atoms with Gasteiger partial charge in [0.25, 0.3) is 0 Å². The van der Waals surface area contributed by atoms with Crippen LogP contribution in [0.5, 0.6) is 11.6 Å². The van der Waals surface area contributed by atoms with Crippen molar-refractivity contribution in [2.75, 3.05) is 6.61 Å². The van der Waals surface area contributed by atoms with Crippen LogP contribution >= 0.6 is 12.2 Å². The zero-order valence-electron chi connectivity index (χ0n) is 15.1. The number of aromatic nitrogens is 2. The molecule has 10 nitrogen and oxygen atoms in total. The minimum Gasteiger partial charge on any atom is -0.438 e. The lowest BCUT2D eigenvalue weighted by atomic mass is 10.1. The number of aliphatic hydroxyl groups is 3. The van der Waals surface area contributed by atoms with Crippen molar-refractivity contribution in [1.29, 1.82) is 0 Å². The van der Waals surface area contributed by atoms with Crippen LogP contribution in [0.4, 0.5) is 0 Å². The molecule has 3 N–H and O–H groups in total. The highest BCUT2D eigenvalue weighted by molar-refractivity contribution is 7.71. The quantitative estimate of drug-likeness (QED) is 0.299. The number of nitrogens with zero attached hydrogens (tertiary/aromatic N) is 5. The van der Waals surface area contributed by atoms with Gasteiger partial charge in [0.05, 0.1) is 6.61 Å². The van der Waals surface area contributed by atoms with Crippen molar-refractivity contribution in [2.24, 2.45) is 5.11 Å². The lowest BCUT2D eigenvalue weighted by Crippen LogP contribution is -2.44. The molecule has 1 saturated heterocycles. The van der Waals surface area contributed by atoms with E-state index in [0.29, 0.717) is 5.75 Å². The van der Waals surface area contributed by atoms with Crippen molar-refractivity contribution < 1.29 is 24.8 Å². The first-order valence-corrected chi connectivity index (χ1v) is 8.78. The molecule has 0 bridgehead atoms. The Morgan fingerprint density at radius 1 is 1.36 bits per heavy atom. The summed E-state index contributed by atoms with van der Waals surface area (Å²) in [5.74, 6) is 0.910. The molecule has 11 heteroatoms. The summed E-state index contributed by atoms with van der Waals surface area (Å²) in [6, 6.07) is 7.27. The molecule has 0 unspecified atom stereocenters. The SMILES string of the molecule is Cc1cccc(C)c1Oc1ccn([C@@H]2O[C@@](CO)(N=[N+]=[N-])[C@@H](O)[C@H]2O)c(=S)n1. The second kappa shape index (κ2) is 7.84. The van der Waals surface area contributed by atoms with E-state index < -0.39 is 30.8 Å². The van der Waals surface area contributed by atoms with Crippen LogP contribution < -0.4 is 4.74 Å². The van der Waals surface area contributed by atoms with E-state index in [1.807, 2.05) is 32.0 Å². The number of benzene rings is 1. The number of para-hydroxylation sites is 1. The Bertz CT molecular complexity index is 972. The molecule has 2 aromatic rings. The van der Waals surface area contributed by atoms with Crippen LogP contribution in [0.15, 0.2) is 35.6 Å². The summed E-state index contributed by atoms with van der Waals surface area (Å²) in [4.78, 5) is 6.76. The molecule has 2 heterocycles. The van der Waals surface area contributed by atoms with Gasteiger partial charge >= 0.3 is 0 Å². The summed E-state index contributed by atoms with van der Waals surface area (Å²) in [5.41, 5.74) is 8.53. The van der Waals surface area contributed by atoms with E-state index in [1.54, 1.807) is 0 Å². The monoisotopic (exact) mass is 405 g/mol. The molecular weight excluding hydrogens is 386 g/mol. The van der Waals surface area contributed by atoms with Crippen molar-refractivity contribution in [1.82, 2.24) is 9.55 Å². The van der Waals surface area contributed by atoms with Crippen LogP contribution in [0.1, 0.15) is 17.4 Å². The van der Waals surface area contributed by atoms with Gasteiger partial charge in [0, 0.05) is 17.2 Å². The highest BCUT2D eigenvalue weighted by Crippen LogP contribution is 2.38. The van der Waals surface area contributed by atoms with Crippen LogP contribution in [-0.2, 0) is 4.74 Å². The standard InChI is InChI=1S/C17H19N5O5S/c1-9-4-3-5-10(2)13(9)26-11-6-7-22(16(28)19-11)15-12(24)14(25)17(8-23,27-15)20-21-18/h3-7,12,14-15,23-25H,8H2,1-2H3/t12-,14+,15-,17-/m1/s1. The van der Waals surface area contributed by atoms with Gasteiger partial charge in [-0.1, -0.05) is 23.3 Å². The topological polar surface area (TPSA) is 146 Å². The van der Waals surface area contributed by atoms with Gasteiger partial charge in [0.15, 0.2) is 6.23 Å². The van der Waals surface area contributed by atoms with Crippen molar-refractivity contribution >= 4 is 12.2 Å². The molecular formula is C17H19N5O5S. The lowest BCUT2D eigenvalue weighted by Gasteiger charge is -2.23. The third-order valence-corrected chi connectivity index (χ3v) is 4.84. The Hall–Kier alpha value is -2.53. The average molecular weight is 405 g/mol. The molecule has 148 valence electrons. The Morgan fingerprint density at radius 2 is 2.04 bits per heavy atom. The first-order chi connectivity index (χ1) is 13.3. The van der Waals surface area contributed by atoms with Gasteiger partial charge in [0.2, 0.25) is 16.4 Å². The van der Waals surface area contributed by atoms with Gasteiger partial charge in [-0.3, -0.25) is 4.57 Å². The van der Waals surface area contributed by atoms with Crippen LogP contribution in [0.2, 0.25) is 0 Å². The molecule has 1 aliphatic heterocycles. The molecule has 1 fully saturated rings. The van der Waals surface area contributed by atoms with Gasteiger partial charge in [-0.25, -0.2) is 0 Å². The fourth-order valence-electron chi connectivity index (χ4n) is 3.03. The van der Waals surface area contributed by atoms with E-state index in [1.165, 1.54) is 16.8 Å². The second-order valence-electron chi connectivity index (χ2n) is 6.41. The van der Waals surface area contributed by atoms with Crippen molar-refractivity contribution in [3.05, 3.63) is 56.8 Å². The van der Waals surface area contributed by atoms with Gasteiger partial charge in [-0.2, -0.15) is 4.98 Å². The van der Waals surface area contributed by atoms with Crippen LogP contribution in [-0.4, -0.2) is 49.4 Å². The smallest absolute Gasteiger partial charge is 0.223 e. The molecule has 0 spiro atoms. The normalized spacial score (nSPS) is 26.7. The maximum atomic E-state index is 10.3.